The van der Waals surface area contributed by atoms with Crippen molar-refractivity contribution in [2.24, 2.45) is 5.92 Å². The predicted molar refractivity (Wildman–Crippen MR) is 69.1 cm³/mol. The van der Waals surface area contributed by atoms with E-state index < -0.39 is 34.9 Å². The normalized spacial score (nSPS) is 12.0. The van der Waals surface area contributed by atoms with Crippen molar-refractivity contribution >= 4 is 11.8 Å². The first-order valence-electron chi connectivity index (χ1n) is 6.38. The Morgan fingerprint density at radius 3 is 2.35 bits per heavy atom. The third-order valence-electron chi connectivity index (χ3n) is 2.81. The van der Waals surface area contributed by atoms with E-state index in [9.17, 15) is 18.4 Å². The van der Waals surface area contributed by atoms with Gasteiger partial charge in [0.2, 0.25) is 5.91 Å². The smallest absolute Gasteiger partial charge is 0.263 e. The van der Waals surface area contributed by atoms with E-state index in [-0.39, 0.29) is 6.61 Å². The van der Waals surface area contributed by atoms with Crippen LogP contribution < -0.4 is 5.32 Å². The van der Waals surface area contributed by atoms with Gasteiger partial charge in [0, 0.05) is 6.61 Å². The Kier molecular flexibility index (Phi) is 6.24. The number of ether oxygens (including phenoxy) is 1. The van der Waals surface area contributed by atoms with Gasteiger partial charge in [-0.25, -0.2) is 8.78 Å². The van der Waals surface area contributed by atoms with E-state index in [1.165, 1.54) is 0 Å². The standard InChI is InChI=1S/C14H17F2NO3/c1-3-9(8-20-4-2)13(18)17-14(19)12-10(15)6-5-7-11(12)16/h5-7,9H,3-4,8H2,1-2H3,(H,17,18,19). The van der Waals surface area contributed by atoms with E-state index >= 15 is 0 Å². The summed E-state index contributed by atoms with van der Waals surface area (Å²) in [5, 5.41) is 2.00. The van der Waals surface area contributed by atoms with Gasteiger partial charge in [-0.3, -0.25) is 14.9 Å². The van der Waals surface area contributed by atoms with Gasteiger partial charge in [0.1, 0.15) is 17.2 Å². The number of benzene rings is 1. The highest BCUT2D eigenvalue weighted by Gasteiger charge is 2.23. The summed E-state index contributed by atoms with van der Waals surface area (Å²) in [6.45, 7) is 4.15. The second-order valence-corrected chi connectivity index (χ2v) is 4.18. The minimum atomic E-state index is -1.08. The molecule has 0 radical (unpaired) electrons. The lowest BCUT2D eigenvalue weighted by molar-refractivity contribution is -0.126. The zero-order valence-electron chi connectivity index (χ0n) is 11.4. The van der Waals surface area contributed by atoms with Crippen molar-refractivity contribution in [3.8, 4) is 0 Å². The summed E-state index contributed by atoms with van der Waals surface area (Å²) in [5.74, 6) is -4.23. The summed E-state index contributed by atoms with van der Waals surface area (Å²) in [5.41, 5.74) is -0.757. The molecule has 1 aromatic rings. The number of carbonyl (C=O) groups excluding carboxylic acids is 2. The number of carbonyl (C=O) groups is 2. The van der Waals surface area contributed by atoms with Crippen LogP contribution in [-0.4, -0.2) is 25.0 Å². The summed E-state index contributed by atoms with van der Waals surface area (Å²) in [6.07, 6.45) is 0.457. The van der Waals surface area contributed by atoms with Crippen LogP contribution in [0.3, 0.4) is 0 Å². The molecule has 0 saturated carbocycles. The molecule has 0 fully saturated rings. The second-order valence-electron chi connectivity index (χ2n) is 4.18. The molecule has 1 rings (SSSR count). The Morgan fingerprint density at radius 2 is 1.85 bits per heavy atom. The Balaban J connectivity index is 2.77. The molecule has 1 aromatic carbocycles. The van der Waals surface area contributed by atoms with E-state index in [0.29, 0.717) is 13.0 Å². The highest BCUT2D eigenvalue weighted by Crippen LogP contribution is 2.12. The first kappa shape index (κ1) is 16.2. The maximum Gasteiger partial charge on any atom is 0.263 e. The van der Waals surface area contributed by atoms with E-state index in [1.807, 2.05) is 5.32 Å². The molecule has 0 spiro atoms. The lowest BCUT2D eigenvalue weighted by Crippen LogP contribution is -2.38. The fourth-order valence-electron chi connectivity index (χ4n) is 1.63. The Labute approximate surface area is 116 Å². The molecule has 20 heavy (non-hydrogen) atoms. The third-order valence-corrected chi connectivity index (χ3v) is 2.81. The van der Waals surface area contributed by atoms with Gasteiger partial charge in [0.25, 0.3) is 5.91 Å². The molecule has 1 N–H and O–H groups in total. The van der Waals surface area contributed by atoms with Crippen LogP contribution in [0, 0.1) is 17.6 Å². The number of rotatable bonds is 6. The van der Waals surface area contributed by atoms with Crippen LogP contribution >= 0.6 is 0 Å². The van der Waals surface area contributed by atoms with Crippen molar-refractivity contribution in [3.63, 3.8) is 0 Å². The summed E-state index contributed by atoms with van der Waals surface area (Å²) in [6, 6.07) is 3.06. The van der Waals surface area contributed by atoms with Crippen molar-refractivity contribution in [3.05, 3.63) is 35.4 Å². The number of halogens is 2. The van der Waals surface area contributed by atoms with Gasteiger partial charge in [-0.15, -0.1) is 0 Å². The molecule has 0 aromatic heterocycles. The van der Waals surface area contributed by atoms with Gasteiger partial charge < -0.3 is 4.74 Å². The van der Waals surface area contributed by atoms with Gasteiger partial charge in [-0.05, 0) is 25.5 Å². The minimum absolute atomic E-state index is 0.159. The van der Waals surface area contributed by atoms with Crippen molar-refractivity contribution in [1.82, 2.24) is 5.32 Å². The molecule has 0 bridgehead atoms. The van der Waals surface area contributed by atoms with Gasteiger partial charge >= 0.3 is 0 Å². The number of hydrogen-bond acceptors (Lipinski definition) is 3. The largest absolute Gasteiger partial charge is 0.381 e. The highest BCUT2D eigenvalue weighted by atomic mass is 19.1. The molecule has 110 valence electrons. The first-order valence-corrected chi connectivity index (χ1v) is 6.38. The Morgan fingerprint density at radius 1 is 1.25 bits per heavy atom. The average molecular weight is 285 g/mol. The molecule has 1 atom stereocenters. The van der Waals surface area contributed by atoms with Crippen molar-refractivity contribution < 1.29 is 23.1 Å². The number of amides is 2. The SMILES string of the molecule is CCOCC(CC)C(=O)NC(=O)c1c(F)cccc1F. The Hall–Kier alpha value is -1.82. The van der Waals surface area contributed by atoms with Crippen molar-refractivity contribution in [2.75, 3.05) is 13.2 Å². The van der Waals surface area contributed by atoms with Crippen molar-refractivity contribution in [2.45, 2.75) is 20.3 Å². The molecule has 2 amide bonds. The highest BCUT2D eigenvalue weighted by molar-refractivity contribution is 6.05. The number of nitrogens with one attached hydrogen (secondary N) is 1. The number of hydrogen-bond donors (Lipinski definition) is 1. The number of imide groups is 1. The fourth-order valence-corrected chi connectivity index (χ4v) is 1.63. The molecule has 0 saturated heterocycles. The molecule has 0 aliphatic heterocycles. The summed E-state index contributed by atoms with van der Waals surface area (Å²) in [4.78, 5) is 23.6. The third kappa shape index (κ3) is 4.09. The fraction of sp³-hybridized carbons (Fsp3) is 0.429. The maximum atomic E-state index is 13.4. The summed E-state index contributed by atoms with van der Waals surface area (Å²) < 4.78 is 31.9. The molecule has 0 heterocycles. The molecular formula is C14H17F2NO3. The first-order chi connectivity index (χ1) is 9.51. The van der Waals surface area contributed by atoms with E-state index in [2.05, 4.69) is 0 Å². The lowest BCUT2D eigenvalue weighted by atomic mass is 10.1. The molecule has 1 unspecified atom stereocenters. The monoisotopic (exact) mass is 285 g/mol. The van der Waals surface area contributed by atoms with Crippen LogP contribution in [0.1, 0.15) is 30.6 Å². The molecule has 6 heteroatoms. The molecular weight excluding hydrogens is 268 g/mol. The van der Waals surface area contributed by atoms with Gasteiger partial charge in [0.15, 0.2) is 0 Å². The second kappa shape index (κ2) is 7.69. The van der Waals surface area contributed by atoms with Crippen LogP contribution in [0.25, 0.3) is 0 Å². The van der Waals surface area contributed by atoms with Crippen LogP contribution in [-0.2, 0) is 9.53 Å². The van der Waals surface area contributed by atoms with Crippen LogP contribution in [0.5, 0.6) is 0 Å². The molecule has 0 aliphatic rings. The Bertz CT molecular complexity index is 471. The average Bonchev–Trinajstić information content (AvgIpc) is 2.39. The van der Waals surface area contributed by atoms with Gasteiger partial charge in [0.05, 0.1) is 12.5 Å². The van der Waals surface area contributed by atoms with Gasteiger partial charge in [-0.2, -0.15) is 0 Å². The van der Waals surface area contributed by atoms with E-state index in [0.717, 1.165) is 18.2 Å². The predicted octanol–water partition coefficient (Wildman–Crippen LogP) is 2.28. The topological polar surface area (TPSA) is 55.4 Å². The lowest BCUT2D eigenvalue weighted by Gasteiger charge is -2.14. The van der Waals surface area contributed by atoms with Gasteiger partial charge in [-0.1, -0.05) is 13.0 Å². The zero-order valence-corrected chi connectivity index (χ0v) is 11.4. The summed E-state index contributed by atoms with van der Waals surface area (Å²) >= 11 is 0. The quantitative estimate of drug-likeness (QED) is 0.872. The maximum absolute atomic E-state index is 13.4. The molecule has 4 nitrogen and oxygen atoms in total. The minimum Gasteiger partial charge on any atom is -0.381 e. The van der Waals surface area contributed by atoms with Crippen LogP contribution in [0.2, 0.25) is 0 Å². The van der Waals surface area contributed by atoms with Crippen LogP contribution in [0.15, 0.2) is 18.2 Å². The van der Waals surface area contributed by atoms with Crippen LogP contribution in [0.4, 0.5) is 8.78 Å². The van der Waals surface area contributed by atoms with Crippen molar-refractivity contribution in [1.29, 1.82) is 0 Å². The zero-order chi connectivity index (χ0) is 15.1. The van der Waals surface area contributed by atoms with E-state index in [1.54, 1.807) is 13.8 Å². The molecule has 0 aliphatic carbocycles. The van der Waals surface area contributed by atoms with E-state index in [4.69, 9.17) is 4.74 Å². The summed E-state index contributed by atoms with van der Waals surface area (Å²) in [7, 11) is 0.